The molecule has 0 aliphatic carbocycles. The van der Waals surface area contributed by atoms with Gasteiger partial charge >= 0.3 is 5.97 Å². The molecular weight excluding hydrogens is 214 g/mol. The molecule has 0 heterocycles. The second kappa shape index (κ2) is 4.70. The summed E-state index contributed by atoms with van der Waals surface area (Å²) in [5.74, 6) is 0.159. The normalized spacial score (nSPS) is 9.94. The summed E-state index contributed by atoms with van der Waals surface area (Å²) in [4.78, 5) is 11.8. The number of esters is 1. The molecule has 2 N–H and O–H groups in total. The van der Waals surface area contributed by atoms with Gasteiger partial charge in [-0.3, -0.25) is 0 Å². The molecule has 2 aromatic carbocycles. The Morgan fingerprint density at radius 1 is 1.12 bits per heavy atom. The van der Waals surface area contributed by atoms with Gasteiger partial charge in [-0.2, -0.15) is 0 Å². The highest BCUT2D eigenvalue weighted by Gasteiger charge is 2.09. The van der Waals surface area contributed by atoms with Crippen LogP contribution in [-0.2, 0) is 0 Å². The number of rotatable bonds is 2. The number of hydrogen-bond acceptors (Lipinski definition) is 3. The van der Waals surface area contributed by atoms with E-state index in [9.17, 15) is 4.79 Å². The highest BCUT2D eigenvalue weighted by Crippen LogP contribution is 2.15. The summed E-state index contributed by atoms with van der Waals surface area (Å²) in [6.07, 6.45) is 0. The van der Waals surface area contributed by atoms with Gasteiger partial charge in [0.05, 0.1) is 5.56 Å². The molecule has 0 saturated heterocycles. The van der Waals surface area contributed by atoms with Crippen molar-refractivity contribution in [3.63, 3.8) is 0 Å². The van der Waals surface area contributed by atoms with Crippen LogP contribution in [0.1, 0.15) is 15.9 Å². The molecule has 3 nitrogen and oxygen atoms in total. The van der Waals surface area contributed by atoms with Gasteiger partial charge in [0.2, 0.25) is 0 Å². The van der Waals surface area contributed by atoms with Crippen LogP contribution in [-0.4, -0.2) is 5.97 Å². The number of carbonyl (C=O) groups excluding carboxylic acids is 1. The molecule has 0 unspecified atom stereocenters. The number of aryl methyl sites for hydroxylation is 1. The molecule has 0 atom stereocenters. The van der Waals surface area contributed by atoms with Gasteiger partial charge in [-0.1, -0.05) is 18.2 Å². The van der Waals surface area contributed by atoms with Gasteiger partial charge in [-0.25, -0.2) is 4.79 Å². The van der Waals surface area contributed by atoms with E-state index in [0.717, 1.165) is 5.56 Å². The number of hydrogen-bond donors (Lipinski definition) is 1. The lowest BCUT2D eigenvalue weighted by molar-refractivity contribution is 0.0734. The van der Waals surface area contributed by atoms with Crippen LogP contribution in [0.25, 0.3) is 0 Å². The van der Waals surface area contributed by atoms with Crippen LogP contribution in [0.15, 0.2) is 48.5 Å². The average molecular weight is 227 g/mol. The first kappa shape index (κ1) is 11.2. The van der Waals surface area contributed by atoms with Crippen molar-refractivity contribution in [1.82, 2.24) is 0 Å². The fourth-order valence-electron chi connectivity index (χ4n) is 1.46. The van der Waals surface area contributed by atoms with Gasteiger partial charge in [-0.15, -0.1) is 0 Å². The molecule has 0 fully saturated rings. The van der Waals surface area contributed by atoms with Gasteiger partial charge in [-0.05, 0) is 42.8 Å². The summed E-state index contributed by atoms with van der Waals surface area (Å²) < 4.78 is 5.22. The lowest BCUT2D eigenvalue weighted by Crippen LogP contribution is -2.09. The maximum atomic E-state index is 11.8. The van der Waals surface area contributed by atoms with Crippen molar-refractivity contribution >= 4 is 11.7 Å². The lowest BCUT2D eigenvalue weighted by Gasteiger charge is -2.05. The van der Waals surface area contributed by atoms with Crippen LogP contribution >= 0.6 is 0 Å². The fourth-order valence-corrected chi connectivity index (χ4v) is 1.46. The first-order valence-corrected chi connectivity index (χ1v) is 5.30. The molecule has 0 aliphatic heterocycles. The number of nitrogen functional groups attached to an aromatic ring is 1. The Morgan fingerprint density at radius 3 is 2.47 bits per heavy atom. The predicted octanol–water partition coefficient (Wildman–Crippen LogP) is 2.80. The molecule has 0 aliphatic rings. The Morgan fingerprint density at radius 2 is 1.82 bits per heavy atom. The maximum Gasteiger partial charge on any atom is 0.343 e. The van der Waals surface area contributed by atoms with Gasteiger partial charge in [0.25, 0.3) is 0 Å². The maximum absolute atomic E-state index is 11.8. The van der Waals surface area contributed by atoms with Gasteiger partial charge in [0.1, 0.15) is 5.75 Å². The van der Waals surface area contributed by atoms with Crippen LogP contribution in [0, 0.1) is 6.92 Å². The van der Waals surface area contributed by atoms with Crippen molar-refractivity contribution in [2.45, 2.75) is 6.92 Å². The highest BCUT2D eigenvalue weighted by atomic mass is 16.5. The Bertz CT molecular complexity index is 535. The van der Waals surface area contributed by atoms with E-state index in [-0.39, 0.29) is 5.97 Å². The average Bonchev–Trinajstić information content (AvgIpc) is 2.34. The largest absolute Gasteiger partial charge is 0.423 e. The summed E-state index contributed by atoms with van der Waals surface area (Å²) in [5.41, 5.74) is 7.73. The van der Waals surface area contributed by atoms with Crippen molar-refractivity contribution in [2.75, 3.05) is 5.73 Å². The monoisotopic (exact) mass is 227 g/mol. The van der Waals surface area contributed by atoms with E-state index in [1.165, 1.54) is 0 Å². The second-order valence-corrected chi connectivity index (χ2v) is 3.77. The summed E-state index contributed by atoms with van der Waals surface area (Å²) in [6, 6.07) is 14.1. The zero-order valence-electron chi connectivity index (χ0n) is 9.51. The van der Waals surface area contributed by atoms with E-state index >= 15 is 0 Å². The third-order valence-corrected chi connectivity index (χ3v) is 2.46. The van der Waals surface area contributed by atoms with Crippen molar-refractivity contribution < 1.29 is 9.53 Å². The topological polar surface area (TPSA) is 52.3 Å². The molecule has 2 rings (SSSR count). The molecule has 0 aromatic heterocycles. The predicted molar refractivity (Wildman–Crippen MR) is 67.0 cm³/mol. The standard InChI is InChI=1S/C14H13NO2/c1-10-9-11(7-8-13(10)15)14(16)17-12-5-3-2-4-6-12/h2-9H,15H2,1H3. The minimum Gasteiger partial charge on any atom is -0.423 e. The summed E-state index contributed by atoms with van der Waals surface area (Å²) in [5, 5.41) is 0. The molecule has 0 saturated carbocycles. The quantitative estimate of drug-likeness (QED) is 0.487. The minimum absolute atomic E-state index is 0.376. The first-order valence-electron chi connectivity index (χ1n) is 5.30. The molecule has 0 radical (unpaired) electrons. The SMILES string of the molecule is Cc1cc(C(=O)Oc2ccccc2)ccc1N. The summed E-state index contributed by atoms with van der Waals surface area (Å²) >= 11 is 0. The molecule has 0 bridgehead atoms. The molecule has 2 aromatic rings. The van der Waals surface area contributed by atoms with E-state index in [0.29, 0.717) is 17.0 Å². The number of nitrogens with two attached hydrogens (primary N) is 1. The van der Waals surface area contributed by atoms with Crippen LogP contribution in [0.3, 0.4) is 0 Å². The van der Waals surface area contributed by atoms with Crippen molar-refractivity contribution in [2.24, 2.45) is 0 Å². The van der Waals surface area contributed by atoms with Gasteiger partial charge in [0.15, 0.2) is 0 Å². The summed E-state index contributed by atoms with van der Waals surface area (Å²) in [7, 11) is 0. The van der Waals surface area contributed by atoms with E-state index in [4.69, 9.17) is 10.5 Å². The fraction of sp³-hybridized carbons (Fsp3) is 0.0714. The Kier molecular flexibility index (Phi) is 3.10. The van der Waals surface area contributed by atoms with Crippen molar-refractivity contribution in [3.8, 4) is 5.75 Å². The van der Waals surface area contributed by atoms with Crippen molar-refractivity contribution in [1.29, 1.82) is 0 Å². The smallest absolute Gasteiger partial charge is 0.343 e. The Labute approximate surface area is 99.8 Å². The number of carbonyl (C=O) groups is 1. The first-order chi connectivity index (χ1) is 8.16. The minimum atomic E-state index is -0.376. The molecule has 17 heavy (non-hydrogen) atoms. The highest BCUT2D eigenvalue weighted by molar-refractivity contribution is 5.91. The number of benzene rings is 2. The van der Waals surface area contributed by atoms with Crippen LogP contribution < -0.4 is 10.5 Å². The third kappa shape index (κ3) is 2.64. The summed E-state index contributed by atoms with van der Waals surface area (Å²) in [6.45, 7) is 1.86. The molecule has 0 spiro atoms. The second-order valence-electron chi connectivity index (χ2n) is 3.77. The van der Waals surface area contributed by atoms with Gasteiger partial charge in [0, 0.05) is 5.69 Å². The molecule has 3 heteroatoms. The Balaban J connectivity index is 2.18. The van der Waals surface area contributed by atoms with Crippen LogP contribution in [0.5, 0.6) is 5.75 Å². The van der Waals surface area contributed by atoms with Gasteiger partial charge < -0.3 is 10.5 Å². The van der Waals surface area contributed by atoms with E-state index in [1.807, 2.05) is 25.1 Å². The lowest BCUT2D eigenvalue weighted by atomic mass is 10.1. The van der Waals surface area contributed by atoms with E-state index in [1.54, 1.807) is 30.3 Å². The molecule has 86 valence electrons. The zero-order chi connectivity index (χ0) is 12.3. The van der Waals surface area contributed by atoms with E-state index in [2.05, 4.69) is 0 Å². The zero-order valence-corrected chi connectivity index (χ0v) is 9.51. The molecular formula is C14H13NO2. The number of anilines is 1. The number of para-hydroxylation sites is 1. The molecule has 0 amide bonds. The van der Waals surface area contributed by atoms with Crippen molar-refractivity contribution in [3.05, 3.63) is 59.7 Å². The van der Waals surface area contributed by atoms with Crippen LogP contribution in [0.4, 0.5) is 5.69 Å². The van der Waals surface area contributed by atoms with E-state index < -0.39 is 0 Å². The number of ether oxygens (including phenoxy) is 1. The Hall–Kier alpha value is -2.29. The third-order valence-electron chi connectivity index (χ3n) is 2.46. The van der Waals surface area contributed by atoms with Crippen LogP contribution in [0.2, 0.25) is 0 Å².